The zero-order valence-corrected chi connectivity index (χ0v) is 18.2. The average Bonchev–Trinajstić information content (AvgIpc) is 3.31. The summed E-state index contributed by atoms with van der Waals surface area (Å²) in [7, 11) is 0. The second kappa shape index (κ2) is 8.57. The molecule has 0 bridgehead atoms. The molecule has 0 spiro atoms. The van der Waals surface area contributed by atoms with Gasteiger partial charge in [-0.1, -0.05) is 52.7 Å². The van der Waals surface area contributed by atoms with Crippen molar-refractivity contribution in [1.82, 2.24) is 9.78 Å². The molecular formula is C21H17BrClFN4O2. The highest BCUT2D eigenvalue weighted by Gasteiger charge is 2.31. The van der Waals surface area contributed by atoms with Gasteiger partial charge in [-0.25, -0.2) is 4.39 Å². The molecule has 1 aliphatic heterocycles. The van der Waals surface area contributed by atoms with Crippen LogP contribution in [0.5, 0.6) is 0 Å². The van der Waals surface area contributed by atoms with E-state index in [2.05, 4.69) is 31.5 Å². The van der Waals surface area contributed by atoms with Crippen molar-refractivity contribution in [3.05, 3.63) is 80.7 Å². The van der Waals surface area contributed by atoms with Crippen LogP contribution < -0.4 is 5.32 Å². The summed E-state index contributed by atoms with van der Waals surface area (Å²) in [6.45, 7) is 2.59. The Morgan fingerprint density at radius 1 is 1.33 bits per heavy atom. The zero-order chi connectivity index (χ0) is 21.3. The normalized spacial score (nSPS) is 15.6. The Morgan fingerprint density at radius 2 is 2.10 bits per heavy atom. The van der Waals surface area contributed by atoms with Crippen molar-refractivity contribution in [3.8, 4) is 0 Å². The van der Waals surface area contributed by atoms with E-state index in [1.165, 1.54) is 17.7 Å². The van der Waals surface area contributed by atoms with Crippen molar-refractivity contribution >= 4 is 45.0 Å². The van der Waals surface area contributed by atoms with E-state index in [-0.39, 0.29) is 17.0 Å². The third-order valence-electron chi connectivity index (χ3n) is 4.64. The standard InChI is InChI=1S/C21H17BrClFN4O2/c1-12-5-7-13(8-6-12)10-28-11-14(22)20(26-28)25-21(29)18-9-17(27-30-18)19-15(23)3-2-4-16(19)24/h2-8,11,18H,9-10H2,1H3,(H,25,26,29). The summed E-state index contributed by atoms with van der Waals surface area (Å²) < 4.78 is 16.5. The van der Waals surface area contributed by atoms with E-state index in [4.69, 9.17) is 16.4 Å². The Bertz CT molecular complexity index is 1110. The molecular weight excluding hydrogens is 475 g/mol. The molecule has 1 amide bonds. The lowest BCUT2D eigenvalue weighted by Crippen LogP contribution is -2.28. The molecule has 154 valence electrons. The number of hydrogen-bond acceptors (Lipinski definition) is 4. The van der Waals surface area contributed by atoms with E-state index >= 15 is 0 Å². The number of rotatable bonds is 5. The van der Waals surface area contributed by atoms with Crippen LogP contribution in [-0.2, 0) is 16.2 Å². The number of amides is 1. The van der Waals surface area contributed by atoms with Crippen LogP contribution in [0, 0.1) is 12.7 Å². The van der Waals surface area contributed by atoms with Crippen molar-refractivity contribution in [2.75, 3.05) is 5.32 Å². The Kier molecular flexibility index (Phi) is 5.87. The maximum atomic E-state index is 14.1. The molecule has 9 heteroatoms. The Labute approximate surface area is 185 Å². The van der Waals surface area contributed by atoms with Crippen LogP contribution in [0.15, 0.2) is 58.3 Å². The van der Waals surface area contributed by atoms with Gasteiger partial charge in [0.05, 0.1) is 27.3 Å². The minimum absolute atomic E-state index is 0.105. The summed E-state index contributed by atoms with van der Waals surface area (Å²) in [4.78, 5) is 17.8. The molecule has 30 heavy (non-hydrogen) atoms. The molecule has 4 rings (SSSR count). The third kappa shape index (κ3) is 4.39. The summed E-state index contributed by atoms with van der Waals surface area (Å²) in [5.74, 6) is -0.570. The molecule has 0 radical (unpaired) electrons. The van der Waals surface area contributed by atoms with Crippen LogP contribution >= 0.6 is 27.5 Å². The van der Waals surface area contributed by atoms with E-state index < -0.39 is 17.8 Å². The van der Waals surface area contributed by atoms with Crippen molar-refractivity contribution in [1.29, 1.82) is 0 Å². The van der Waals surface area contributed by atoms with Crippen molar-refractivity contribution in [2.24, 2.45) is 5.16 Å². The Balaban J connectivity index is 1.41. The number of benzene rings is 2. The van der Waals surface area contributed by atoms with Crippen molar-refractivity contribution < 1.29 is 14.0 Å². The number of carbonyl (C=O) groups is 1. The first kappa shape index (κ1) is 20.6. The average molecular weight is 492 g/mol. The summed E-state index contributed by atoms with van der Waals surface area (Å²) in [6, 6.07) is 12.5. The highest BCUT2D eigenvalue weighted by Crippen LogP contribution is 2.27. The van der Waals surface area contributed by atoms with Crippen molar-refractivity contribution in [3.63, 3.8) is 0 Å². The SMILES string of the molecule is Cc1ccc(Cn2cc(Br)c(NC(=O)C3CC(c4c(F)cccc4Cl)=NO3)n2)cc1. The van der Waals surface area contributed by atoms with E-state index in [1.807, 2.05) is 31.2 Å². The van der Waals surface area contributed by atoms with Gasteiger partial charge in [0.1, 0.15) is 5.82 Å². The molecule has 1 aliphatic rings. The molecule has 3 aromatic rings. The number of hydrogen-bond donors (Lipinski definition) is 1. The summed E-state index contributed by atoms with van der Waals surface area (Å²) in [5, 5.41) is 11.2. The first-order chi connectivity index (χ1) is 14.4. The number of nitrogens with zero attached hydrogens (tertiary/aromatic N) is 3. The van der Waals surface area contributed by atoms with E-state index in [1.54, 1.807) is 16.9 Å². The van der Waals surface area contributed by atoms with Gasteiger partial charge in [0.25, 0.3) is 5.91 Å². The molecule has 1 aromatic heterocycles. The highest BCUT2D eigenvalue weighted by atomic mass is 79.9. The molecule has 1 atom stereocenters. The fourth-order valence-electron chi connectivity index (χ4n) is 3.08. The summed E-state index contributed by atoms with van der Waals surface area (Å²) in [6.07, 6.45) is 0.991. The molecule has 6 nitrogen and oxygen atoms in total. The number of carbonyl (C=O) groups excluding carboxylic acids is 1. The molecule has 1 unspecified atom stereocenters. The fourth-order valence-corrected chi connectivity index (χ4v) is 3.77. The van der Waals surface area contributed by atoms with Crippen LogP contribution in [0.4, 0.5) is 10.2 Å². The summed E-state index contributed by atoms with van der Waals surface area (Å²) in [5.41, 5.74) is 2.72. The molecule has 0 saturated carbocycles. The molecule has 1 N–H and O–H groups in total. The number of nitrogens with one attached hydrogen (secondary N) is 1. The second-order valence-electron chi connectivity index (χ2n) is 6.93. The predicted molar refractivity (Wildman–Crippen MR) is 116 cm³/mol. The lowest BCUT2D eigenvalue weighted by Gasteiger charge is -2.08. The van der Waals surface area contributed by atoms with Gasteiger partial charge in [0.15, 0.2) is 5.82 Å². The smallest absolute Gasteiger partial charge is 0.269 e. The lowest BCUT2D eigenvalue weighted by atomic mass is 10.0. The number of oxime groups is 1. The van der Waals surface area contributed by atoms with Gasteiger partial charge in [0.2, 0.25) is 6.10 Å². The molecule has 2 aromatic carbocycles. The first-order valence-corrected chi connectivity index (χ1v) is 10.3. The van der Waals surface area contributed by atoms with Gasteiger partial charge in [0, 0.05) is 12.6 Å². The minimum Gasteiger partial charge on any atom is -0.382 e. The Hall–Kier alpha value is -2.71. The lowest BCUT2D eigenvalue weighted by molar-refractivity contribution is -0.125. The molecule has 0 aliphatic carbocycles. The predicted octanol–water partition coefficient (Wildman–Crippen LogP) is 4.93. The van der Waals surface area contributed by atoms with Crippen LogP contribution in [0.25, 0.3) is 0 Å². The van der Waals surface area contributed by atoms with Gasteiger partial charge in [-0.05, 0) is 40.5 Å². The summed E-state index contributed by atoms with van der Waals surface area (Å²) >= 11 is 9.48. The third-order valence-corrected chi connectivity index (χ3v) is 5.53. The fraction of sp³-hybridized carbons (Fsp3) is 0.190. The number of aromatic nitrogens is 2. The molecule has 2 heterocycles. The topological polar surface area (TPSA) is 68.5 Å². The quantitative estimate of drug-likeness (QED) is 0.550. The van der Waals surface area contributed by atoms with Gasteiger partial charge < -0.3 is 10.2 Å². The molecule has 0 fully saturated rings. The highest BCUT2D eigenvalue weighted by molar-refractivity contribution is 9.10. The van der Waals surface area contributed by atoms with Crippen molar-refractivity contribution in [2.45, 2.75) is 26.0 Å². The van der Waals surface area contributed by atoms with Crippen LogP contribution in [0.2, 0.25) is 5.02 Å². The van der Waals surface area contributed by atoms with Crippen LogP contribution in [0.1, 0.15) is 23.1 Å². The number of aryl methyl sites for hydroxylation is 1. The minimum atomic E-state index is -0.898. The van der Waals surface area contributed by atoms with E-state index in [0.717, 1.165) is 5.56 Å². The van der Waals surface area contributed by atoms with Crippen LogP contribution in [-0.4, -0.2) is 27.5 Å². The number of halogens is 3. The second-order valence-corrected chi connectivity index (χ2v) is 8.19. The zero-order valence-electron chi connectivity index (χ0n) is 15.9. The molecule has 0 saturated heterocycles. The van der Waals surface area contributed by atoms with Gasteiger partial charge in [-0.2, -0.15) is 5.10 Å². The maximum absolute atomic E-state index is 14.1. The van der Waals surface area contributed by atoms with E-state index in [0.29, 0.717) is 22.5 Å². The van der Waals surface area contributed by atoms with E-state index in [9.17, 15) is 9.18 Å². The largest absolute Gasteiger partial charge is 0.382 e. The van der Waals surface area contributed by atoms with Gasteiger partial charge in [-0.3, -0.25) is 9.48 Å². The maximum Gasteiger partial charge on any atom is 0.269 e. The monoisotopic (exact) mass is 490 g/mol. The van der Waals surface area contributed by atoms with Gasteiger partial charge >= 0.3 is 0 Å². The van der Waals surface area contributed by atoms with Crippen LogP contribution in [0.3, 0.4) is 0 Å². The first-order valence-electron chi connectivity index (χ1n) is 9.17. The number of anilines is 1. The Morgan fingerprint density at radius 3 is 2.83 bits per heavy atom. The van der Waals surface area contributed by atoms with Gasteiger partial charge in [-0.15, -0.1) is 0 Å².